The minimum Gasteiger partial charge on any atom is -0.330 e. The van der Waals surface area contributed by atoms with E-state index in [0.717, 1.165) is 24.8 Å². The molecule has 3 nitrogen and oxygen atoms in total. The molecular weight excluding hydrogens is 222 g/mol. The van der Waals surface area contributed by atoms with Crippen molar-refractivity contribution in [3.8, 4) is 0 Å². The molecule has 1 aliphatic carbocycles. The Morgan fingerprint density at radius 3 is 2.56 bits per heavy atom. The molecule has 1 aromatic carbocycles. The van der Waals surface area contributed by atoms with Crippen LogP contribution in [0.2, 0.25) is 0 Å². The third kappa shape index (κ3) is 2.13. The Kier molecular flexibility index (Phi) is 2.80. The van der Waals surface area contributed by atoms with Gasteiger partial charge in [0.05, 0.1) is 4.90 Å². The molecule has 1 aliphatic rings. The average Bonchev–Trinajstić information content (AvgIpc) is 2.99. The summed E-state index contributed by atoms with van der Waals surface area (Å²) < 4.78 is 22.9. The van der Waals surface area contributed by atoms with Crippen LogP contribution in [0.3, 0.4) is 0 Å². The summed E-state index contributed by atoms with van der Waals surface area (Å²) in [6.45, 7) is 0.656. The van der Waals surface area contributed by atoms with Gasteiger partial charge < -0.3 is 5.73 Å². The van der Waals surface area contributed by atoms with Crippen LogP contribution in [0.1, 0.15) is 24.8 Å². The third-order valence-electron chi connectivity index (χ3n) is 3.35. The van der Waals surface area contributed by atoms with Crippen LogP contribution in [0.25, 0.3) is 0 Å². The van der Waals surface area contributed by atoms with E-state index in [1.165, 1.54) is 6.26 Å². The summed E-state index contributed by atoms with van der Waals surface area (Å²) in [5.41, 5.74) is 6.89. The van der Waals surface area contributed by atoms with Gasteiger partial charge in [0, 0.05) is 6.26 Å². The van der Waals surface area contributed by atoms with Crippen LogP contribution in [-0.2, 0) is 15.3 Å². The second kappa shape index (κ2) is 3.86. The van der Waals surface area contributed by atoms with Crippen molar-refractivity contribution in [1.29, 1.82) is 0 Å². The van der Waals surface area contributed by atoms with E-state index in [2.05, 4.69) is 0 Å². The Balaban J connectivity index is 2.37. The van der Waals surface area contributed by atoms with Crippen LogP contribution in [0.4, 0.5) is 0 Å². The van der Waals surface area contributed by atoms with E-state index in [1.807, 2.05) is 12.1 Å². The number of rotatable bonds is 4. The first-order valence-corrected chi connectivity index (χ1v) is 7.38. The number of nitrogens with two attached hydrogens (primary N) is 1. The van der Waals surface area contributed by atoms with Crippen molar-refractivity contribution < 1.29 is 8.42 Å². The van der Waals surface area contributed by atoms with E-state index in [1.54, 1.807) is 12.1 Å². The van der Waals surface area contributed by atoms with Crippen LogP contribution >= 0.6 is 0 Å². The van der Waals surface area contributed by atoms with E-state index in [0.29, 0.717) is 11.4 Å². The highest BCUT2D eigenvalue weighted by atomic mass is 32.2. The van der Waals surface area contributed by atoms with Gasteiger partial charge >= 0.3 is 0 Å². The molecule has 0 aromatic heterocycles. The maximum absolute atomic E-state index is 11.5. The number of hydrogen-bond donors (Lipinski definition) is 1. The van der Waals surface area contributed by atoms with E-state index >= 15 is 0 Å². The van der Waals surface area contributed by atoms with Gasteiger partial charge in [0.25, 0.3) is 0 Å². The van der Waals surface area contributed by atoms with Crippen molar-refractivity contribution in [1.82, 2.24) is 0 Å². The van der Waals surface area contributed by atoms with Crippen LogP contribution in [0, 0.1) is 0 Å². The molecule has 0 amide bonds. The fraction of sp³-hybridized carbons (Fsp3) is 0.500. The van der Waals surface area contributed by atoms with Crippen molar-refractivity contribution in [3.05, 3.63) is 29.8 Å². The van der Waals surface area contributed by atoms with Gasteiger partial charge in [0.2, 0.25) is 0 Å². The fourth-order valence-electron chi connectivity index (χ4n) is 2.17. The van der Waals surface area contributed by atoms with Crippen LogP contribution in [0.5, 0.6) is 0 Å². The van der Waals surface area contributed by atoms with Gasteiger partial charge in [-0.3, -0.25) is 0 Å². The molecule has 0 aliphatic heterocycles. The monoisotopic (exact) mass is 239 g/mol. The van der Waals surface area contributed by atoms with E-state index < -0.39 is 9.84 Å². The summed E-state index contributed by atoms with van der Waals surface area (Å²) in [6, 6.07) is 7.29. The zero-order valence-corrected chi connectivity index (χ0v) is 10.3. The minimum absolute atomic E-state index is 0.162. The molecule has 1 aromatic rings. The second-order valence-corrected chi connectivity index (χ2v) is 6.63. The molecule has 16 heavy (non-hydrogen) atoms. The summed E-state index contributed by atoms with van der Waals surface area (Å²) in [4.78, 5) is 0.410. The Morgan fingerprint density at radius 1 is 1.38 bits per heavy atom. The molecule has 0 radical (unpaired) electrons. The first-order valence-electron chi connectivity index (χ1n) is 5.49. The molecule has 0 spiro atoms. The predicted molar refractivity (Wildman–Crippen MR) is 64.1 cm³/mol. The van der Waals surface area contributed by atoms with Crippen molar-refractivity contribution in [2.75, 3.05) is 12.8 Å². The normalized spacial score (nSPS) is 18.4. The van der Waals surface area contributed by atoms with Crippen molar-refractivity contribution in [2.24, 2.45) is 5.73 Å². The lowest BCUT2D eigenvalue weighted by Crippen LogP contribution is -2.14. The summed E-state index contributed by atoms with van der Waals surface area (Å²) in [6.07, 6.45) is 4.43. The molecule has 88 valence electrons. The molecule has 0 bridgehead atoms. The van der Waals surface area contributed by atoms with Crippen molar-refractivity contribution in [3.63, 3.8) is 0 Å². The largest absolute Gasteiger partial charge is 0.330 e. The molecule has 0 saturated heterocycles. The molecule has 0 heterocycles. The number of hydrogen-bond acceptors (Lipinski definition) is 3. The van der Waals surface area contributed by atoms with E-state index in [4.69, 9.17) is 5.73 Å². The van der Waals surface area contributed by atoms with Crippen LogP contribution in [0.15, 0.2) is 29.2 Å². The second-order valence-electron chi connectivity index (χ2n) is 4.62. The highest BCUT2D eigenvalue weighted by Crippen LogP contribution is 2.50. The van der Waals surface area contributed by atoms with Gasteiger partial charge in [-0.15, -0.1) is 0 Å². The summed E-state index contributed by atoms with van der Waals surface area (Å²) in [5, 5.41) is 0. The van der Waals surface area contributed by atoms with Crippen LogP contribution < -0.4 is 5.73 Å². The Labute approximate surface area is 96.6 Å². The quantitative estimate of drug-likeness (QED) is 0.865. The Hall–Kier alpha value is -0.870. The van der Waals surface area contributed by atoms with Gasteiger partial charge in [-0.2, -0.15) is 0 Å². The smallest absolute Gasteiger partial charge is 0.175 e. The zero-order chi connectivity index (χ0) is 11.8. The lowest BCUT2D eigenvalue weighted by molar-refractivity contribution is 0.600. The summed E-state index contributed by atoms with van der Waals surface area (Å²) in [5.74, 6) is 0. The molecule has 2 N–H and O–H groups in total. The Morgan fingerprint density at radius 2 is 2.06 bits per heavy atom. The molecule has 0 atom stereocenters. The first kappa shape index (κ1) is 11.6. The standard InChI is InChI=1S/C12H17NO2S/c1-16(14,15)11-4-2-3-10(9-11)12(5-6-12)7-8-13/h2-4,9H,5-8,13H2,1H3. The van der Waals surface area contributed by atoms with Crippen molar-refractivity contribution in [2.45, 2.75) is 29.6 Å². The maximum atomic E-state index is 11.5. The highest BCUT2D eigenvalue weighted by Gasteiger charge is 2.43. The SMILES string of the molecule is CS(=O)(=O)c1cccc(C2(CCN)CC2)c1. The fourth-order valence-corrected chi connectivity index (χ4v) is 2.83. The Bertz CT molecular complexity index is 489. The molecule has 0 unspecified atom stereocenters. The van der Waals surface area contributed by atoms with Gasteiger partial charge in [0.1, 0.15) is 0 Å². The number of sulfone groups is 1. The van der Waals surface area contributed by atoms with Gasteiger partial charge in [-0.05, 0) is 48.9 Å². The topological polar surface area (TPSA) is 60.2 Å². The highest BCUT2D eigenvalue weighted by molar-refractivity contribution is 7.90. The predicted octanol–water partition coefficient (Wildman–Crippen LogP) is 1.47. The molecule has 4 heteroatoms. The number of benzene rings is 1. The molecule has 1 fully saturated rings. The average molecular weight is 239 g/mol. The lowest BCUT2D eigenvalue weighted by Gasteiger charge is -2.15. The van der Waals surface area contributed by atoms with Crippen molar-refractivity contribution >= 4 is 9.84 Å². The van der Waals surface area contributed by atoms with Gasteiger partial charge in [-0.25, -0.2) is 8.42 Å². The maximum Gasteiger partial charge on any atom is 0.175 e. The summed E-state index contributed by atoms with van der Waals surface area (Å²) >= 11 is 0. The van der Waals surface area contributed by atoms with E-state index in [9.17, 15) is 8.42 Å². The lowest BCUT2D eigenvalue weighted by atomic mass is 9.93. The molecule has 1 saturated carbocycles. The first-order chi connectivity index (χ1) is 7.48. The molecular formula is C12H17NO2S. The van der Waals surface area contributed by atoms with E-state index in [-0.39, 0.29) is 5.41 Å². The summed E-state index contributed by atoms with van der Waals surface area (Å²) in [7, 11) is -3.10. The van der Waals surface area contributed by atoms with Gasteiger partial charge in [-0.1, -0.05) is 12.1 Å². The van der Waals surface area contributed by atoms with Crippen LogP contribution in [-0.4, -0.2) is 21.2 Å². The minimum atomic E-state index is -3.10. The third-order valence-corrected chi connectivity index (χ3v) is 4.46. The molecule has 2 rings (SSSR count). The zero-order valence-electron chi connectivity index (χ0n) is 9.44. The van der Waals surface area contributed by atoms with Gasteiger partial charge in [0.15, 0.2) is 9.84 Å².